The van der Waals surface area contributed by atoms with E-state index in [2.05, 4.69) is 12.2 Å². The minimum Gasteiger partial charge on any atom is -0.480 e. The first-order chi connectivity index (χ1) is 12.4. The highest BCUT2D eigenvalue weighted by Gasteiger charge is 2.44. The zero-order valence-corrected chi connectivity index (χ0v) is 15.7. The molecule has 2 heterocycles. The summed E-state index contributed by atoms with van der Waals surface area (Å²) >= 11 is 0. The first-order valence-electron chi connectivity index (χ1n) is 10.0. The maximum atomic E-state index is 12.7. The average molecular weight is 365 g/mol. The minimum absolute atomic E-state index is 0.0876. The second-order valence-electron chi connectivity index (χ2n) is 8.30. The minimum atomic E-state index is -1.11. The van der Waals surface area contributed by atoms with Crippen LogP contribution < -0.4 is 5.32 Å². The van der Waals surface area contributed by atoms with E-state index in [0.717, 1.165) is 38.8 Å². The third-order valence-corrected chi connectivity index (χ3v) is 6.41. The van der Waals surface area contributed by atoms with Crippen LogP contribution in [0, 0.1) is 11.8 Å². The molecule has 2 aliphatic heterocycles. The van der Waals surface area contributed by atoms with Gasteiger partial charge in [-0.2, -0.15) is 0 Å². The molecule has 0 bridgehead atoms. The molecule has 0 aromatic rings. The van der Waals surface area contributed by atoms with Crippen LogP contribution in [0.3, 0.4) is 0 Å². The summed E-state index contributed by atoms with van der Waals surface area (Å²) in [6, 6.07) is 0.0876. The van der Waals surface area contributed by atoms with Gasteiger partial charge in [-0.3, -0.25) is 4.79 Å². The molecule has 1 aliphatic carbocycles. The van der Waals surface area contributed by atoms with Gasteiger partial charge in [-0.25, -0.2) is 9.59 Å². The summed E-state index contributed by atoms with van der Waals surface area (Å²) < 4.78 is 0. The largest absolute Gasteiger partial charge is 0.480 e. The number of urea groups is 1. The lowest BCUT2D eigenvalue weighted by atomic mass is 9.76. The molecule has 0 aromatic carbocycles. The Morgan fingerprint density at radius 1 is 0.923 bits per heavy atom. The maximum Gasteiger partial charge on any atom is 0.329 e. The van der Waals surface area contributed by atoms with Crippen molar-refractivity contribution in [3.8, 4) is 0 Å². The number of hydrogen-bond acceptors (Lipinski definition) is 3. The molecular formula is C19H31N3O4. The molecule has 7 nitrogen and oxygen atoms in total. The van der Waals surface area contributed by atoms with E-state index in [-0.39, 0.29) is 17.9 Å². The Balaban J connectivity index is 1.53. The van der Waals surface area contributed by atoms with Crippen LogP contribution in [0.15, 0.2) is 0 Å². The molecule has 1 saturated carbocycles. The Kier molecular flexibility index (Phi) is 5.73. The lowest BCUT2D eigenvalue weighted by Gasteiger charge is -2.39. The number of carboxylic acids is 1. The van der Waals surface area contributed by atoms with Crippen LogP contribution >= 0.6 is 0 Å². The molecular weight excluding hydrogens is 334 g/mol. The number of likely N-dealkylation sites (tertiary alicyclic amines) is 2. The lowest BCUT2D eigenvalue weighted by Crippen LogP contribution is -2.58. The van der Waals surface area contributed by atoms with Gasteiger partial charge < -0.3 is 20.2 Å². The number of piperidine rings is 1. The van der Waals surface area contributed by atoms with Gasteiger partial charge in [0.1, 0.15) is 5.54 Å². The van der Waals surface area contributed by atoms with Crippen molar-refractivity contribution in [2.75, 3.05) is 26.2 Å². The van der Waals surface area contributed by atoms with Gasteiger partial charge in [-0.1, -0.05) is 6.92 Å². The van der Waals surface area contributed by atoms with E-state index in [0.29, 0.717) is 44.7 Å². The highest BCUT2D eigenvalue weighted by molar-refractivity contribution is 5.88. The normalized spacial score (nSPS) is 30.3. The fourth-order valence-corrected chi connectivity index (χ4v) is 4.43. The maximum absolute atomic E-state index is 12.7. The number of rotatable bonds is 3. The van der Waals surface area contributed by atoms with E-state index < -0.39 is 11.5 Å². The lowest BCUT2D eigenvalue weighted by molar-refractivity contribution is -0.150. The fourth-order valence-electron chi connectivity index (χ4n) is 4.43. The van der Waals surface area contributed by atoms with E-state index in [9.17, 15) is 19.5 Å². The molecule has 0 radical (unpaired) electrons. The summed E-state index contributed by atoms with van der Waals surface area (Å²) in [5, 5.41) is 12.6. The molecule has 3 rings (SSSR count). The summed E-state index contributed by atoms with van der Waals surface area (Å²) in [4.78, 5) is 40.7. The number of nitrogens with zero attached hydrogens (tertiary/aromatic N) is 2. The van der Waals surface area contributed by atoms with Gasteiger partial charge in [0.25, 0.3) is 0 Å². The van der Waals surface area contributed by atoms with E-state index in [1.807, 2.05) is 9.80 Å². The molecule has 3 aliphatic rings. The van der Waals surface area contributed by atoms with E-state index >= 15 is 0 Å². The van der Waals surface area contributed by atoms with Crippen LogP contribution in [0.25, 0.3) is 0 Å². The molecule has 146 valence electrons. The van der Waals surface area contributed by atoms with Crippen LogP contribution in [-0.2, 0) is 9.59 Å². The second kappa shape index (κ2) is 7.84. The van der Waals surface area contributed by atoms with Crippen molar-refractivity contribution in [2.45, 2.75) is 63.8 Å². The van der Waals surface area contributed by atoms with Crippen molar-refractivity contribution < 1.29 is 19.5 Å². The summed E-state index contributed by atoms with van der Waals surface area (Å²) in [7, 11) is 0. The van der Waals surface area contributed by atoms with Crippen molar-refractivity contribution >= 4 is 17.9 Å². The van der Waals surface area contributed by atoms with Gasteiger partial charge in [-0.15, -0.1) is 0 Å². The number of carbonyl (C=O) groups excluding carboxylic acids is 2. The van der Waals surface area contributed by atoms with Gasteiger partial charge >= 0.3 is 12.0 Å². The third-order valence-electron chi connectivity index (χ3n) is 6.41. The smallest absolute Gasteiger partial charge is 0.329 e. The Morgan fingerprint density at radius 2 is 1.46 bits per heavy atom. The molecule has 7 heteroatoms. The summed E-state index contributed by atoms with van der Waals surface area (Å²) in [5.41, 5.74) is -1.11. The first-order valence-corrected chi connectivity index (χ1v) is 10.0. The standard InChI is InChI=1S/C19H31N3O4/c1-14-4-8-19(9-5-14,17(24)25)20-16(23)15-6-12-22(13-7-15)18(26)21-10-2-3-11-21/h14-15H,2-13H2,1H3,(H,20,23)(H,24,25). The van der Waals surface area contributed by atoms with Crippen LogP contribution in [0.1, 0.15) is 58.3 Å². The van der Waals surface area contributed by atoms with Gasteiger partial charge in [-0.05, 0) is 57.3 Å². The summed E-state index contributed by atoms with van der Waals surface area (Å²) in [6.45, 7) is 4.94. The van der Waals surface area contributed by atoms with Crippen molar-refractivity contribution in [1.29, 1.82) is 0 Å². The summed E-state index contributed by atoms with van der Waals surface area (Å²) in [6.07, 6.45) is 6.02. The number of hydrogen-bond donors (Lipinski definition) is 2. The molecule has 3 amide bonds. The molecule has 2 saturated heterocycles. The molecule has 0 unspecified atom stereocenters. The number of carboxylic acid groups (broad SMARTS) is 1. The van der Waals surface area contributed by atoms with Crippen LogP contribution in [0.2, 0.25) is 0 Å². The molecule has 0 atom stereocenters. The predicted molar refractivity (Wildman–Crippen MR) is 96.6 cm³/mol. The number of carbonyl (C=O) groups is 3. The quantitative estimate of drug-likeness (QED) is 0.801. The number of aliphatic carboxylic acids is 1. The van der Waals surface area contributed by atoms with Crippen molar-refractivity contribution in [3.63, 3.8) is 0 Å². The van der Waals surface area contributed by atoms with Gasteiger partial charge in [0.2, 0.25) is 5.91 Å². The first kappa shape index (κ1) is 19.0. The Morgan fingerprint density at radius 3 is 2.00 bits per heavy atom. The summed E-state index contributed by atoms with van der Waals surface area (Å²) in [5.74, 6) is -0.762. The highest BCUT2D eigenvalue weighted by Crippen LogP contribution is 2.33. The van der Waals surface area contributed by atoms with Crippen LogP contribution in [0.5, 0.6) is 0 Å². The van der Waals surface area contributed by atoms with Crippen molar-refractivity contribution in [3.05, 3.63) is 0 Å². The molecule has 3 fully saturated rings. The van der Waals surface area contributed by atoms with Crippen molar-refractivity contribution in [1.82, 2.24) is 15.1 Å². The van der Waals surface area contributed by atoms with Crippen molar-refractivity contribution in [2.24, 2.45) is 11.8 Å². The number of amides is 3. The average Bonchev–Trinajstić information content (AvgIpc) is 3.18. The Labute approximate surface area is 155 Å². The molecule has 0 spiro atoms. The van der Waals surface area contributed by atoms with Crippen LogP contribution in [-0.4, -0.2) is 64.5 Å². The van der Waals surface area contributed by atoms with E-state index in [1.165, 1.54) is 0 Å². The van der Waals surface area contributed by atoms with Crippen LogP contribution in [0.4, 0.5) is 4.79 Å². The fraction of sp³-hybridized carbons (Fsp3) is 0.842. The van der Waals surface area contributed by atoms with Gasteiger partial charge in [0.05, 0.1) is 0 Å². The van der Waals surface area contributed by atoms with Gasteiger partial charge in [0, 0.05) is 32.1 Å². The third kappa shape index (κ3) is 3.96. The molecule has 26 heavy (non-hydrogen) atoms. The monoisotopic (exact) mass is 365 g/mol. The predicted octanol–water partition coefficient (Wildman–Crippen LogP) is 2.06. The number of nitrogens with one attached hydrogen (secondary N) is 1. The Hall–Kier alpha value is -1.79. The zero-order chi connectivity index (χ0) is 18.7. The second-order valence-corrected chi connectivity index (χ2v) is 8.30. The highest BCUT2D eigenvalue weighted by atomic mass is 16.4. The van der Waals surface area contributed by atoms with E-state index in [4.69, 9.17) is 0 Å². The zero-order valence-electron chi connectivity index (χ0n) is 15.7. The van der Waals surface area contributed by atoms with E-state index in [1.54, 1.807) is 0 Å². The van der Waals surface area contributed by atoms with Gasteiger partial charge in [0.15, 0.2) is 0 Å². The SMILES string of the molecule is CC1CCC(NC(=O)C2CCN(C(=O)N3CCCC3)CC2)(C(=O)O)CC1. The molecule has 0 aromatic heterocycles. The molecule has 2 N–H and O–H groups in total. The topological polar surface area (TPSA) is 90.0 Å². The Bertz CT molecular complexity index is 543.